The Morgan fingerprint density at radius 2 is 2.31 bits per heavy atom. The monoisotopic (exact) mass is 182 g/mol. The molecule has 0 spiro atoms. The van der Waals surface area contributed by atoms with Crippen LogP contribution in [0.15, 0.2) is 18.7 Å². The molecule has 74 valence electrons. The highest BCUT2D eigenvalue weighted by atomic mass is 16.3. The van der Waals surface area contributed by atoms with E-state index in [1.807, 2.05) is 10.8 Å². The molecule has 0 bridgehead atoms. The zero-order valence-electron chi connectivity index (χ0n) is 8.19. The van der Waals surface area contributed by atoms with Gasteiger partial charge in [-0.15, -0.1) is 0 Å². The Morgan fingerprint density at radius 1 is 1.46 bits per heavy atom. The van der Waals surface area contributed by atoms with Crippen LogP contribution < -0.4 is 0 Å². The first-order valence-electron chi connectivity index (χ1n) is 4.96. The van der Waals surface area contributed by atoms with E-state index in [0.717, 1.165) is 32.2 Å². The molecular weight excluding hydrogens is 164 g/mol. The van der Waals surface area contributed by atoms with E-state index >= 15 is 0 Å². The zero-order chi connectivity index (χ0) is 9.52. The maximum Gasteiger partial charge on any atom is 0.0945 e. The number of aryl methyl sites for hydroxylation is 1. The second-order valence-corrected chi connectivity index (χ2v) is 3.39. The van der Waals surface area contributed by atoms with Crippen LogP contribution in [-0.2, 0) is 6.54 Å². The van der Waals surface area contributed by atoms with E-state index in [4.69, 9.17) is 0 Å². The molecule has 0 fully saturated rings. The zero-order valence-corrected chi connectivity index (χ0v) is 8.19. The Kier molecular flexibility index (Phi) is 4.54. The maximum absolute atomic E-state index is 9.55. The van der Waals surface area contributed by atoms with Crippen LogP contribution in [0.2, 0.25) is 0 Å². The van der Waals surface area contributed by atoms with Crippen molar-refractivity contribution in [3.63, 3.8) is 0 Å². The fourth-order valence-electron chi connectivity index (χ4n) is 1.30. The molecule has 0 aliphatic rings. The Bertz CT molecular complexity index is 209. The van der Waals surface area contributed by atoms with Gasteiger partial charge in [0.15, 0.2) is 0 Å². The van der Waals surface area contributed by atoms with E-state index < -0.39 is 0 Å². The summed E-state index contributed by atoms with van der Waals surface area (Å²) in [6.45, 7) is 3.01. The van der Waals surface area contributed by atoms with E-state index in [-0.39, 0.29) is 6.10 Å². The van der Waals surface area contributed by atoms with Gasteiger partial charge in [0, 0.05) is 18.9 Å². The Balaban J connectivity index is 2.11. The number of hydrogen-bond donors (Lipinski definition) is 1. The van der Waals surface area contributed by atoms with E-state index in [9.17, 15) is 5.11 Å². The molecular formula is C10H18N2O. The van der Waals surface area contributed by atoms with Gasteiger partial charge in [-0.3, -0.25) is 0 Å². The second kappa shape index (κ2) is 5.75. The molecule has 3 nitrogen and oxygen atoms in total. The van der Waals surface area contributed by atoms with Crippen LogP contribution in [-0.4, -0.2) is 20.8 Å². The van der Waals surface area contributed by atoms with E-state index in [1.54, 1.807) is 12.5 Å². The Labute approximate surface area is 79.4 Å². The topological polar surface area (TPSA) is 38.0 Å². The number of hydrogen-bond acceptors (Lipinski definition) is 2. The molecule has 1 rings (SSSR count). The third-order valence-electron chi connectivity index (χ3n) is 2.17. The summed E-state index contributed by atoms with van der Waals surface area (Å²) in [6.07, 6.45) is 9.34. The number of rotatable bonds is 6. The van der Waals surface area contributed by atoms with Crippen molar-refractivity contribution >= 4 is 0 Å². The molecule has 1 heterocycles. The molecule has 0 aliphatic carbocycles. The van der Waals surface area contributed by atoms with Gasteiger partial charge in [0.25, 0.3) is 0 Å². The van der Waals surface area contributed by atoms with Crippen molar-refractivity contribution in [2.24, 2.45) is 0 Å². The predicted molar refractivity (Wildman–Crippen MR) is 52.4 cm³/mol. The summed E-state index contributed by atoms with van der Waals surface area (Å²) in [4.78, 5) is 3.94. The average molecular weight is 182 g/mol. The lowest BCUT2D eigenvalue weighted by molar-refractivity contribution is 0.146. The van der Waals surface area contributed by atoms with Gasteiger partial charge in [-0.25, -0.2) is 4.98 Å². The molecule has 3 heteroatoms. The summed E-state index contributed by atoms with van der Waals surface area (Å²) in [7, 11) is 0. The van der Waals surface area contributed by atoms with Gasteiger partial charge in [0.2, 0.25) is 0 Å². The van der Waals surface area contributed by atoms with Crippen molar-refractivity contribution in [1.82, 2.24) is 9.55 Å². The number of aliphatic hydroxyl groups excluding tert-OH is 1. The summed E-state index contributed by atoms with van der Waals surface area (Å²) >= 11 is 0. The highest BCUT2D eigenvalue weighted by molar-refractivity contribution is 4.74. The lowest BCUT2D eigenvalue weighted by Gasteiger charge is -2.09. The van der Waals surface area contributed by atoms with Gasteiger partial charge < -0.3 is 9.67 Å². The van der Waals surface area contributed by atoms with Crippen LogP contribution in [0.5, 0.6) is 0 Å². The first-order valence-corrected chi connectivity index (χ1v) is 4.96. The Hall–Kier alpha value is -0.830. The lowest BCUT2D eigenvalue weighted by atomic mass is 10.1. The number of unbranched alkanes of at least 4 members (excludes halogenated alkanes) is 1. The summed E-state index contributed by atoms with van der Waals surface area (Å²) in [5.74, 6) is 0. The van der Waals surface area contributed by atoms with Gasteiger partial charge in [-0.05, 0) is 12.8 Å². The maximum atomic E-state index is 9.55. The normalized spacial score (nSPS) is 13.1. The van der Waals surface area contributed by atoms with E-state index in [2.05, 4.69) is 11.9 Å². The highest BCUT2D eigenvalue weighted by Crippen LogP contribution is 2.05. The minimum atomic E-state index is -0.151. The first kappa shape index (κ1) is 10.3. The second-order valence-electron chi connectivity index (χ2n) is 3.39. The lowest BCUT2D eigenvalue weighted by Crippen LogP contribution is -2.10. The largest absolute Gasteiger partial charge is 0.393 e. The van der Waals surface area contributed by atoms with Crippen LogP contribution in [0, 0.1) is 0 Å². The van der Waals surface area contributed by atoms with Crippen LogP contribution in [0.1, 0.15) is 32.6 Å². The molecule has 0 aliphatic heterocycles. The van der Waals surface area contributed by atoms with Crippen molar-refractivity contribution in [3.05, 3.63) is 18.7 Å². The summed E-state index contributed by atoms with van der Waals surface area (Å²) in [6, 6.07) is 0. The Morgan fingerprint density at radius 3 is 2.92 bits per heavy atom. The van der Waals surface area contributed by atoms with Crippen molar-refractivity contribution < 1.29 is 5.11 Å². The molecule has 0 saturated carbocycles. The third-order valence-corrected chi connectivity index (χ3v) is 2.17. The van der Waals surface area contributed by atoms with Crippen molar-refractivity contribution in [1.29, 1.82) is 0 Å². The summed E-state index contributed by atoms with van der Waals surface area (Å²) in [5, 5.41) is 9.55. The van der Waals surface area contributed by atoms with E-state index in [0.29, 0.717) is 0 Å². The molecule has 0 amide bonds. The third kappa shape index (κ3) is 4.08. The van der Waals surface area contributed by atoms with Crippen molar-refractivity contribution in [3.8, 4) is 0 Å². The molecule has 1 aromatic heterocycles. The van der Waals surface area contributed by atoms with Crippen LogP contribution in [0.4, 0.5) is 0 Å². The van der Waals surface area contributed by atoms with E-state index in [1.165, 1.54) is 0 Å². The molecule has 1 atom stereocenters. The van der Waals surface area contributed by atoms with Crippen LogP contribution in [0.25, 0.3) is 0 Å². The quantitative estimate of drug-likeness (QED) is 0.728. The minimum Gasteiger partial charge on any atom is -0.393 e. The fourth-order valence-corrected chi connectivity index (χ4v) is 1.30. The van der Waals surface area contributed by atoms with Crippen molar-refractivity contribution in [2.45, 2.75) is 45.3 Å². The standard InChI is InChI=1S/C10H18N2O/c1-2-3-4-10(13)5-7-12-8-6-11-9-12/h6,8-10,13H,2-5,7H2,1H3/t10-/m0/s1. The van der Waals surface area contributed by atoms with Gasteiger partial charge in [-0.2, -0.15) is 0 Å². The van der Waals surface area contributed by atoms with Gasteiger partial charge in [0.05, 0.1) is 12.4 Å². The molecule has 0 saturated heterocycles. The molecule has 1 N–H and O–H groups in total. The first-order chi connectivity index (χ1) is 6.33. The molecule has 13 heavy (non-hydrogen) atoms. The summed E-state index contributed by atoms with van der Waals surface area (Å²) < 4.78 is 2.00. The number of imidazole rings is 1. The van der Waals surface area contributed by atoms with Gasteiger partial charge in [0.1, 0.15) is 0 Å². The SMILES string of the molecule is CCCC[C@H](O)CCn1ccnc1. The predicted octanol–water partition coefficient (Wildman–Crippen LogP) is 1.82. The molecule has 0 radical (unpaired) electrons. The smallest absolute Gasteiger partial charge is 0.0945 e. The van der Waals surface area contributed by atoms with Gasteiger partial charge >= 0.3 is 0 Å². The number of aliphatic hydroxyl groups is 1. The van der Waals surface area contributed by atoms with Crippen LogP contribution in [0.3, 0.4) is 0 Å². The minimum absolute atomic E-state index is 0.151. The van der Waals surface area contributed by atoms with Crippen molar-refractivity contribution in [2.75, 3.05) is 0 Å². The highest BCUT2D eigenvalue weighted by Gasteiger charge is 2.02. The van der Waals surface area contributed by atoms with Gasteiger partial charge in [-0.1, -0.05) is 19.8 Å². The fraction of sp³-hybridized carbons (Fsp3) is 0.700. The average Bonchev–Trinajstić information content (AvgIpc) is 2.64. The number of nitrogens with zero attached hydrogens (tertiary/aromatic N) is 2. The molecule has 0 unspecified atom stereocenters. The molecule has 0 aromatic carbocycles. The molecule has 1 aromatic rings. The summed E-state index contributed by atoms with van der Waals surface area (Å²) in [5.41, 5.74) is 0. The number of aromatic nitrogens is 2. The van der Waals surface area contributed by atoms with Crippen LogP contribution >= 0.6 is 0 Å².